The first-order valence-corrected chi connectivity index (χ1v) is 6.29. The lowest BCUT2D eigenvalue weighted by Gasteiger charge is -2.15. The summed E-state index contributed by atoms with van der Waals surface area (Å²) < 4.78 is 10.5. The Kier molecular flexibility index (Phi) is 4.74. The molecule has 0 amide bonds. The van der Waals surface area contributed by atoms with Gasteiger partial charge in [-0.15, -0.1) is 0 Å². The van der Waals surface area contributed by atoms with Gasteiger partial charge in [-0.2, -0.15) is 0 Å². The number of carbonyl (C=O) groups is 1. The second kappa shape index (κ2) is 6.73. The van der Waals surface area contributed by atoms with E-state index in [0.717, 1.165) is 5.56 Å². The quantitative estimate of drug-likeness (QED) is 0.671. The third-order valence-corrected chi connectivity index (χ3v) is 2.89. The van der Waals surface area contributed by atoms with Crippen molar-refractivity contribution in [2.75, 3.05) is 12.8 Å². The summed E-state index contributed by atoms with van der Waals surface area (Å²) in [5, 5.41) is 0. The van der Waals surface area contributed by atoms with Gasteiger partial charge in [0.15, 0.2) is 6.10 Å². The lowest BCUT2D eigenvalue weighted by molar-refractivity contribution is -0.157. The van der Waals surface area contributed by atoms with Gasteiger partial charge >= 0.3 is 5.97 Å². The van der Waals surface area contributed by atoms with Crippen LogP contribution in [0.25, 0.3) is 0 Å². The number of methoxy groups -OCH3 is 1. The molecule has 0 aromatic heterocycles. The number of rotatable bonds is 5. The fraction of sp³-hybridized carbons (Fsp3) is 0.188. The number of nitrogens with two attached hydrogens (primary N) is 1. The van der Waals surface area contributed by atoms with Crippen LogP contribution in [0.4, 0.5) is 5.69 Å². The van der Waals surface area contributed by atoms with E-state index in [1.807, 2.05) is 30.3 Å². The largest absolute Gasteiger partial charge is 0.459 e. The molecule has 20 heavy (non-hydrogen) atoms. The number of ether oxygens (including phenoxy) is 2. The standard InChI is InChI=1S/C16H17NO3/c1-19-15(13-8-5-9-14(17)10-13)16(18)20-11-12-6-3-2-4-7-12/h2-10,15H,11,17H2,1H3. The van der Waals surface area contributed by atoms with E-state index in [9.17, 15) is 4.79 Å². The number of nitrogen functional groups attached to an aromatic ring is 1. The van der Waals surface area contributed by atoms with E-state index in [0.29, 0.717) is 11.3 Å². The maximum Gasteiger partial charge on any atom is 0.340 e. The van der Waals surface area contributed by atoms with Crippen molar-refractivity contribution >= 4 is 11.7 Å². The number of carbonyl (C=O) groups excluding carboxylic acids is 1. The third-order valence-electron chi connectivity index (χ3n) is 2.89. The van der Waals surface area contributed by atoms with Gasteiger partial charge in [-0.05, 0) is 23.3 Å². The molecule has 0 saturated carbocycles. The molecule has 0 radical (unpaired) electrons. The van der Waals surface area contributed by atoms with Gasteiger partial charge in [-0.1, -0.05) is 42.5 Å². The van der Waals surface area contributed by atoms with Crippen molar-refractivity contribution in [2.24, 2.45) is 0 Å². The lowest BCUT2D eigenvalue weighted by Crippen LogP contribution is -2.17. The topological polar surface area (TPSA) is 61.5 Å². The molecule has 4 nitrogen and oxygen atoms in total. The summed E-state index contributed by atoms with van der Waals surface area (Å²) in [4.78, 5) is 12.1. The van der Waals surface area contributed by atoms with Crippen molar-refractivity contribution in [1.82, 2.24) is 0 Å². The molecule has 1 atom stereocenters. The molecule has 4 heteroatoms. The lowest BCUT2D eigenvalue weighted by atomic mass is 10.1. The van der Waals surface area contributed by atoms with Crippen LogP contribution in [0.1, 0.15) is 17.2 Å². The van der Waals surface area contributed by atoms with E-state index in [4.69, 9.17) is 15.2 Å². The summed E-state index contributed by atoms with van der Waals surface area (Å²) in [6.45, 7) is 0.224. The molecule has 2 N–H and O–H groups in total. The first-order chi connectivity index (χ1) is 9.70. The molecule has 0 aliphatic carbocycles. The Balaban J connectivity index is 2.02. The van der Waals surface area contributed by atoms with Crippen LogP contribution < -0.4 is 5.73 Å². The zero-order valence-electron chi connectivity index (χ0n) is 11.3. The monoisotopic (exact) mass is 271 g/mol. The van der Waals surface area contributed by atoms with E-state index < -0.39 is 12.1 Å². The van der Waals surface area contributed by atoms with Crippen molar-refractivity contribution in [2.45, 2.75) is 12.7 Å². The predicted molar refractivity (Wildman–Crippen MR) is 76.8 cm³/mol. The Bertz CT molecular complexity index is 569. The van der Waals surface area contributed by atoms with Crippen LogP contribution in [0.3, 0.4) is 0 Å². The van der Waals surface area contributed by atoms with Gasteiger partial charge < -0.3 is 15.2 Å². The number of hydrogen-bond acceptors (Lipinski definition) is 4. The molecule has 104 valence electrons. The van der Waals surface area contributed by atoms with Crippen LogP contribution in [0.15, 0.2) is 54.6 Å². The van der Waals surface area contributed by atoms with Crippen molar-refractivity contribution in [1.29, 1.82) is 0 Å². The first kappa shape index (κ1) is 14.1. The molecule has 2 aromatic carbocycles. The van der Waals surface area contributed by atoms with E-state index in [1.54, 1.807) is 24.3 Å². The Hall–Kier alpha value is -2.33. The van der Waals surface area contributed by atoms with Crippen LogP contribution in [0.2, 0.25) is 0 Å². The summed E-state index contributed by atoms with van der Waals surface area (Å²) in [5.74, 6) is -0.429. The third kappa shape index (κ3) is 3.59. The number of benzene rings is 2. The zero-order chi connectivity index (χ0) is 14.4. The van der Waals surface area contributed by atoms with Crippen LogP contribution in [0, 0.1) is 0 Å². The summed E-state index contributed by atoms with van der Waals surface area (Å²) in [5.41, 5.74) is 7.91. The average molecular weight is 271 g/mol. The Morgan fingerprint density at radius 1 is 1.15 bits per heavy atom. The van der Waals surface area contributed by atoms with Gasteiger partial charge in [0.05, 0.1) is 0 Å². The molecule has 0 fully saturated rings. The predicted octanol–water partition coefficient (Wildman–Crippen LogP) is 2.70. The second-order valence-corrected chi connectivity index (χ2v) is 4.38. The normalized spacial score (nSPS) is 11.8. The molecule has 2 aromatic rings. The minimum atomic E-state index is -0.762. The van der Waals surface area contributed by atoms with Crippen LogP contribution >= 0.6 is 0 Å². The fourth-order valence-corrected chi connectivity index (χ4v) is 1.89. The molecular formula is C16H17NO3. The van der Waals surface area contributed by atoms with E-state index in [2.05, 4.69) is 0 Å². The molecule has 0 aliphatic rings. The minimum Gasteiger partial charge on any atom is -0.459 e. The summed E-state index contributed by atoms with van der Waals surface area (Å²) >= 11 is 0. The van der Waals surface area contributed by atoms with Gasteiger partial charge in [-0.3, -0.25) is 0 Å². The highest BCUT2D eigenvalue weighted by molar-refractivity contribution is 5.77. The fourth-order valence-electron chi connectivity index (χ4n) is 1.89. The summed E-state index contributed by atoms with van der Waals surface area (Å²) in [7, 11) is 1.47. The summed E-state index contributed by atoms with van der Waals surface area (Å²) in [6.07, 6.45) is -0.762. The van der Waals surface area contributed by atoms with Crippen molar-refractivity contribution < 1.29 is 14.3 Å². The maximum absolute atomic E-state index is 12.1. The Morgan fingerprint density at radius 2 is 1.90 bits per heavy atom. The van der Waals surface area contributed by atoms with Crippen molar-refractivity contribution in [3.8, 4) is 0 Å². The molecule has 0 saturated heterocycles. The van der Waals surface area contributed by atoms with Gasteiger partial charge in [0.1, 0.15) is 6.61 Å². The van der Waals surface area contributed by atoms with Crippen LogP contribution in [-0.2, 0) is 20.9 Å². The van der Waals surface area contributed by atoms with Gasteiger partial charge in [-0.25, -0.2) is 4.79 Å². The second-order valence-electron chi connectivity index (χ2n) is 4.38. The molecular weight excluding hydrogens is 254 g/mol. The molecule has 0 aliphatic heterocycles. The zero-order valence-corrected chi connectivity index (χ0v) is 11.3. The van der Waals surface area contributed by atoms with E-state index in [-0.39, 0.29) is 6.61 Å². The summed E-state index contributed by atoms with van der Waals surface area (Å²) in [6, 6.07) is 16.5. The maximum atomic E-state index is 12.1. The minimum absolute atomic E-state index is 0.224. The van der Waals surface area contributed by atoms with Crippen molar-refractivity contribution in [3.05, 3.63) is 65.7 Å². The van der Waals surface area contributed by atoms with Crippen LogP contribution in [0.5, 0.6) is 0 Å². The highest BCUT2D eigenvalue weighted by Crippen LogP contribution is 2.21. The van der Waals surface area contributed by atoms with Crippen molar-refractivity contribution in [3.63, 3.8) is 0 Å². The molecule has 0 heterocycles. The molecule has 0 spiro atoms. The Labute approximate surface area is 118 Å². The smallest absolute Gasteiger partial charge is 0.340 e. The molecule has 1 unspecified atom stereocenters. The van der Waals surface area contributed by atoms with Gasteiger partial charge in [0, 0.05) is 12.8 Å². The molecule has 2 rings (SSSR count). The number of hydrogen-bond donors (Lipinski definition) is 1. The van der Waals surface area contributed by atoms with Crippen LogP contribution in [-0.4, -0.2) is 13.1 Å². The highest BCUT2D eigenvalue weighted by Gasteiger charge is 2.21. The van der Waals surface area contributed by atoms with E-state index >= 15 is 0 Å². The number of esters is 1. The number of anilines is 1. The Morgan fingerprint density at radius 3 is 2.55 bits per heavy atom. The average Bonchev–Trinajstić information content (AvgIpc) is 2.47. The van der Waals surface area contributed by atoms with Gasteiger partial charge in [0.25, 0.3) is 0 Å². The van der Waals surface area contributed by atoms with E-state index in [1.165, 1.54) is 7.11 Å². The highest BCUT2D eigenvalue weighted by atomic mass is 16.6. The molecule has 0 bridgehead atoms. The van der Waals surface area contributed by atoms with Gasteiger partial charge in [0.2, 0.25) is 0 Å². The SMILES string of the molecule is COC(C(=O)OCc1ccccc1)c1cccc(N)c1. The first-order valence-electron chi connectivity index (χ1n) is 6.29.